The Morgan fingerprint density at radius 2 is 1.77 bits per heavy atom. The van der Waals surface area contributed by atoms with E-state index in [1.165, 1.54) is 25.4 Å². The minimum absolute atomic E-state index is 0.0469. The topological polar surface area (TPSA) is 120 Å². The van der Waals surface area contributed by atoms with E-state index in [2.05, 4.69) is 31.4 Å². The number of aliphatic hydroxyl groups is 2. The van der Waals surface area contributed by atoms with Crippen LogP contribution in [-0.2, 0) is 14.8 Å². The Bertz CT molecular complexity index is 1030. The van der Waals surface area contributed by atoms with Crippen LogP contribution < -0.4 is 5.32 Å². The van der Waals surface area contributed by atoms with Gasteiger partial charge in [-0.05, 0) is 24.3 Å². The van der Waals surface area contributed by atoms with Gasteiger partial charge in [0.15, 0.2) is 11.5 Å². The second-order valence-electron chi connectivity index (χ2n) is 7.57. The van der Waals surface area contributed by atoms with Gasteiger partial charge < -0.3 is 20.0 Å². The molecule has 0 aliphatic carbocycles. The van der Waals surface area contributed by atoms with Crippen molar-refractivity contribution in [3.63, 3.8) is 0 Å². The number of benzene rings is 1. The number of hydrogen-bond donors (Lipinski definition) is 3. The lowest BCUT2D eigenvalue weighted by molar-refractivity contribution is -0.870. The Balaban J connectivity index is 0.000000396. The Kier molecular flexibility index (Phi) is 7.19. The van der Waals surface area contributed by atoms with Crippen LogP contribution >= 0.6 is 0 Å². The number of aromatic nitrogens is 1. The van der Waals surface area contributed by atoms with Crippen molar-refractivity contribution in [2.24, 2.45) is 0 Å². The SMILES string of the molecule is CN1C(C(=O)Nc2ccccn2)=C(O)c2ccccc2S1(=O)=O.C[N+](C)(C)CCO. The molecule has 30 heavy (non-hydrogen) atoms. The number of nitrogens with one attached hydrogen (secondary N) is 1. The predicted octanol–water partition coefficient (Wildman–Crippen LogP) is 1.27. The fraction of sp³-hybridized carbons (Fsp3) is 0.300. The lowest BCUT2D eigenvalue weighted by Crippen LogP contribution is -2.37. The molecule has 1 aromatic heterocycles. The molecular formula is C20H27N4O5S+. The molecule has 0 saturated carbocycles. The molecule has 0 spiro atoms. The second-order valence-corrected chi connectivity index (χ2v) is 9.51. The molecule has 3 N–H and O–H groups in total. The van der Waals surface area contributed by atoms with Crippen molar-refractivity contribution in [2.75, 3.05) is 46.7 Å². The number of anilines is 1. The molecule has 0 unspecified atom stereocenters. The van der Waals surface area contributed by atoms with E-state index in [0.29, 0.717) is 0 Å². The standard InChI is InChI=1S/C15H13N3O4S.C5H14NO/c1-18-13(15(20)17-12-8-4-5-9-16-12)14(19)10-6-2-3-7-11(10)23(18,21)22;1-6(2,3)4-5-7/h2-9,19H,1H3,(H,16,17,20);7H,4-5H2,1-3H3/q;+1. The molecule has 10 heteroatoms. The third-order valence-electron chi connectivity index (χ3n) is 4.21. The Morgan fingerprint density at radius 3 is 2.30 bits per heavy atom. The third kappa shape index (κ3) is 5.35. The van der Waals surface area contributed by atoms with Crippen molar-refractivity contribution in [3.05, 3.63) is 59.9 Å². The fourth-order valence-corrected chi connectivity index (χ4v) is 3.99. The van der Waals surface area contributed by atoms with E-state index in [9.17, 15) is 18.3 Å². The summed E-state index contributed by atoms with van der Waals surface area (Å²) in [6, 6.07) is 10.9. The molecule has 0 fully saturated rings. The highest BCUT2D eigenvalue weighted by atomic mass is 32.2. The molecule has 0 saturated heterocycles. The number of sulfonamides is 1. The normalized spacial score (nSPS) is 15.0. The van der Waals surface area contributed by atoms with Gasteiger partial charge in [0, 0.05) is 18.8 Å². The summed E-state index contributed by atoms with van der Waals surface area (Å²) in [6.07, 6.45) is 1.49. The lowest BCUT2D eigenvalue weighted by atomic mass is 10.1. The van der Waals surface area contributed by atoms with Gasteiger partial charge >= 0.3 is 0 Å². The molecule has 1 aromatic carbocycles. The molecule has 0 radical (unpaired) electrons. The number of rotatable bonds is 4. The number of quaternary nitrogens is 1. The van der Waals surface area contributed by atoms with E-state index < -0.39 is 21.7 Å². The third-order valence-corrected chi connectivity index (χ3v) is 6.03. The highest BCUT2D eigenvalue weighted by Gasteiger charge is 2.37. The largest absolute Gasteiger partial charge is 0.505 e. The lowest BCUT2D eigenvalue weighted by Gasteiger charge is -2.28. The summed E-state index contributed by atoms with van der Waals surface area (Å²) in [7, 11) is 3.47. The van der Waals surface area contributed by atoms with Crippen LogP contribution in [0.5, 0.6) is 0 Å². The maximum Gasteiger partial charge on any atom is 0.277 e. The molecule has 9 nitrogen and oxygen atoms in total. The number of pyridine rings is 1. The van der Waals surface area contributed by atoms with Gasteiger partial charge in [0.1, 0.15) is 12.4 Å². The number of nitrogens with zero attached hydrogens (tertiary/aromatic N) is 3. The molecule has 2 aromatic rings. The van der Waals surface area contributed by atoms with Crippen molar-refractivity contribution in [1.29, 1.82) is 0 Å². The summed E-state index contributed by atoms with van der Waals surface area (Å²) in [5.74, 6) is -0.907. The Labute approximate surface area is 176 Å². The number of aliphatic hydroxyl groups excluding tert-OH is 2. The van der Waals surface area contributed by atoms with Crippen molar-refractivity contribution in [1.82, 2.24) is 9.29 Å². The maximum absolute atomic E-state index is 12.5. The molecule has 1 amide bonds. The molecule has 1 aliphatic heterocycles. The Morgan fingerprint density at radius 1 is 1.13 bits per heavy atom. The van der Waals surface area contributed by atoms with E-state index in [-0.39, 0.29) is 28.6 Å². The smallest absolute Gasteiger partial charge is 0.277 e. The highest BCUT2D eigenvalue weighted by molar-refractivity contribution is 7.89. The van der Waals surface area contributed by atoms with E-state index in [1.54, 1.807) is 30.3 Å². The Hall–Kier alpha value is -2.95. The summed E-state index contributed by atoms with van der Waals surface area (Å²) in [5.41, 5.74) is -0.258. The average molecular weight is 436 g/mol. The maximum atomic E-state index is 12.5. The van der Waals surface area contributed by atoms with Crippen LogP contribution in [0.15, 0.2) is 59.3 Å². The first-order chi connectivity index (χ1) is 14.0. The summed E-state index contributed by atoms with van der Waals surface area (Å²) in [4.78, 5) is 16.3. The number of likely N-dealkylation sites (N-methyl/N-ethyl adjacent to an activating group) is 2. The highest BCUT2D eigenvalue weighted by Crippen LogP contribution is 2.34. The van der Waals surface area contributed by atoms with E-state index in [0.717, 1.165) is 15.3 Å². The average Bonchev–Trinajstić information content (AvgIpc) is 2.67. The van der Waals surface area contributed by atoms with Crippen LogP contribution in [0.1, 0.15) is 5.56 Å². The monoisotopic (exact) mass is 435 g/mol. The first-order valence-electron chi connectivity index (χ1n) is 9.14. The van der Waals surface area contributed by atoms with Gasteiger partial charge in [-0.3, -0.25) is 9.10 Å². The number of fused-ring (bicyclic) bond motifs is 1. The number of hydrogen-bond acceptors (Lipinski definition) is 6. The minimum Gasteiger partial charge on any atom is -0.505 e. The number of carbonyl (C=O) groups is 1. The van der Waals surface area contributed by atoms with Crippen LogP contribution in [0.25, 0.3) is 5.76 Å². The van der Waals surface area contributed by atoms with E-state index in [4.69, 9.17) is 5.11 Å². The van der Waals surface area contributed by atoms with Crippen LogP contribution in [0.2, 0.25) is 0 Å². The van der Waals surface area contributed by atoms with Crippen molar-refractivity contribution < 1.29 is 27.9 Å². The zero-order valence-corrected chi connectivity index (χ0v) is 18.2. The van der Waals surface area contributed by atoms with Gasteiger partial charge in [-0.2, -0.15) is 0 Å². The van der Waals surface area contributed by atoms with Crippen LogP contribution in [0.4, 0.5) is 5.82 Å². The number of carbonyl (C=O) groups excluding carboxylic acids is 1. The van der Waals surface area contributed by atoms with E-state index >= 15 is 0 Å². The molecular weight excluding hydrogens is 408 g/mol. The quantitative estimate of drug-likeness (QED) is 0.622. The van der Waals surface area contributed by atoms with Crippen LogP contribution in [-0.4, -0.2) is 79.7 Å². The van der Waals surface area contributed by atoms with Crippen LogP contribution in [0, 0.1) is 0 Å². The summed E-state index contributed by atoms with van der Waals surface area (Å²) in [6.45, 7) is 1.11. The molecule has 0 atom stereocenters. The van der Waals surface area contributed by atoms with E-state index in [1.807, 2.05) is 0 Å². The zero-order chi connectivity index (χ0) is 22.5. The number of amides is 1. The molecule has 162 valence electrons. The van der Waals surface area contributed by atoms with Gasteiger partial charge in [0.25, 0.3) is 15.9 Å². The first-order valence-corrected chi connectivity index (χ1v) is 10.6. The molecule has 3 rings (SSSR count). The predicted molar refractivity (Wildman–Crippen MR) is 114 cm³/mol. The molecule has 0 bridgehead atoms. The van der Waals surface area contributed by atoms with Crippen molar-refractivity contribution in [3.8, 4) is 0 Å². The van der Waals surface area contributed by atoms with Crippen molar-refractivity contribution >= 4 is 27.5 Å². The van der Waals surface area contributed by atoms with Crippen molar-refractivity contribution in [2.45, 2.75) is 4.90 Å². The first kappa shape index (κ1) is 23.3. The summed E-state index contributed by atoms with van der Waals surface area (Å²) in [5, 5.41) is 21.2. The second kappa shape index (κ2) is 9.24. The van der Waals surface area contributed by atoms with Gasteiger partial charge in [-0.15, -0.1) is 0 Å². The minimum atomic E-state index is -3.91. The summed E-state index contributed by atoms with van der Waals surface area (Å²) < 4.78 is 26.6. The summed E-state index contributed by atoms with van der Waals surface area (Å²) >= 11 is 0. The van der Waals surface area contributed by atoms with Gasteiger partial charge in [0.2, 0.25) is 0 Å². The zero-order valence-electron chi connectivity index (χ0n) is 17.4. The van der Waals surface area contributed by atoms with Gasteiger partial charge in [0.05, 0.1) is 32.6 Å². The molecule has 2 heterocycles. The van der Waals surface area contributed by atoms with Gasteiger partial charge in [-0.1, -0.05) is 18.2 Å². The van der Waals surface area contributed by atoms with Crippen LogP contribution in [0.3, 0.4) is 0 Å². The van der Waals surface area contributed by atoms with Gasteiger partial charge in [-0.25, -0.2) is 13.4 Å². The fourth-order valence-electron chi connectivity index (χ4n) is 2.59. The molecule has 1 aliphatic rings.